The van der Waals surface area contributed by atoms with E-state index < -0.39 is 11.7 Å². The highest BCUT2D eigenvalue weighted by Gasteiger charge is 2.28. The first-order chi connectivity index (χ1) is 17.4. The number of likely N-dealkylation sites (N-methyl/N-ethyl adjacent to an activating group) is 1. The van der Waals surface area contributed by atoms with Gasteiger partial charge in [-0.15, -0.1) is 0 Å². The molecule has 1 saturated heterocycles. The largest absolute Gasteiger partial charge is 0.479 e. The molecule has 200 valence electrons. The van der Waals surface area contributed by atoms with Gasteiger partial charge in [-0.2, -0.15) is 0 Å². The Kier molecular flexibility index (Phi) is 9.31. The van der Waals surface area contributed by atoms with Crippen LogP contribution in [0, 0.1) is 0 Å². The number of amides is 3. The van der Waals surface area contributed by atoms with Gasteiger partial charge in [-0.3, -0.25) is 14.6 Å². The Morgan fingerprint density at radius 1 is 1.16 bits per heavy atom. The first kappa shape index (κ1) is 28.2. The molecule has 3 rings (SSSR count). The standard InChI is InChI=1S/C26H34ClN5O5/c1-16(24(34)28-5)36-21-13-22(30-15-19(21)27)31-23(33)12-17-6-7-20(29-14-17)18-8-10-32(11-9-18)25(35)37-26(2,3)4/h6-7,13-16,18H,8-12H2,1-5H3,(H,28,34)(H,30,31,33). The van der Waals surface area contributed by atoms with Crippen molar-refractivity contribution in [3.8, 4) is 5.75 Å². The molecule has 0 radical (unpaired) electrons. The third-order valence-corrected chi connectivity index (χ3v) is 6.07. The molecule has 2 N–H and O–H groups in total. The number of pyridine rings is 2. The number of hydrogen-bond acceptors (Lipinski definition) is 7. The highest BCUT2D eigenvalue weighted by atomic mass is 35.5. The number of likely N-dealkylation sites (tertiary alicyclic amines) is 1. The van der Waals surface area contributed by atoms with Gasteiger partial charge < -0.3 is 25.0 Å². The third-order valence-electron chi connectivity index (χ3n) is 5.78. The molecule has 37 heavy (non-hydrogen) atoms. The summed E-state index contributed by atoms with van der Waals surface area (Å²) in [6, 6.07) is 5.30. The van der Waals surface area contributed by atoms with E-state index in [-0.39, 0.29) is 46.8 Å². The molecule has 1 aliphatic heterocycles. The molecule has 3 heterocycles. The summed E-state index contributed by atoms with van der Waals surface area (Å²) in [7, 11) is 1.51. The number of ether oxygens (including phenoxy) is 2. The minimum atomic E-state index is -0.761. The summed E-state index contributed by atoms with van der Waals surface area (Å²) in [6.45, 7) is 8.40. The summed E-state index contributed by atoms with van der Waals surface area (Å²) in [5.74, 6) is 0.167. The summed E-state index contributed by atoms with van der Waals surface area (Å²) in [5, 5.41) is 5.44. The van der Waals surface area contributed by atoms with E-state index in [0.29, 0.717) is 13.1 Å². The van der Waals surface area contributed by atoms with Crippen molar-refractivity contribution in [1.29, 1.82) is 0 Å². The lowest BCUT2D eigenvalue weighted by Gasteiger charge is -2.33. The van der Waals surface area contributed by atoms with Gasteiger partial charge in [-0.1, -0.05) is 17.7 Å². The van der Waals surface area contributed by atoms with Crippen LogP contribution in [0.25, 0.3) is 0 Å². The smallest absolute Gasteiger partial charge is 0.410 e. The summed E-state index contributed by atoms with van der Waals surface area (Å²) in [6.07, 6.45) is 3.73. The van der Waals surface area contributed by atoms with Gasteiger partial charge in [0.1, 0.15) is 22.2 Å². The van der Waals surface area contributed by atoms with Crippen LogP contribution >= 0.6 is 11.6 Å². The predicted octanol–water partition coefficient (Wildman–Crippen LogP) is 3.94. The van der Waals surface area contributed by atoms with E-state index in [1.165, 1.54) is 19.3 Å². The fourth-order valence-corrected chi connectivity index (χ4v) is 4.01. The van der Waals surface area contributed by atoms with Crippen LogP contribution in [0.5, 0.6) is 5.75 Å². The van der Waals surface area contributed by atoms with Crippen molar-refractivity contribution in [3.05, 3.63) is 46.9 Å². The molecule has 0 aromatic carbocycles. The van der Waals surface area contributed by atoms with Crippen molar-refractivity contribution in [2.45, 2.75) is 64.6 Å². The molecular weight excluding hydrogens is 498 g/mol. The highest BCUT2D eigenvalue weighted by molar-refractivity contribution is 6.32. The van der Waals surface area contributed by atoms with Crippen molar-refractivity contribution in [1.82, 2.24) is 20.2 Å². The fraction of sp³-hybridized carbons (Fsp3) is 0.500. The second kappa shape index (κ2) is 12.2. The van der Waals surface area contributed by atoms with Gasteiger partial charge in [0.2, 0.25) is 5.91 Å². The molecule has 2 aromatic rings. The lowest BCUT2D eigenvalue weighted by Crippen LogP contribution is -2.41. The number of anilines is 1. The Morgan fingerprint density at radius 3 is 2.46 bits per heavy atom. The predicted molar refractivity (Wildman–Crippen MR) is 140 cm³/mol. The Bertz CT molecular complexity index is 1110. The number of aromatic nitrogens is 2. The summed E-state index contributed by atoms with van der Waals surface area (Å²) in [5.41, 5.74) is 1.19. The minimum absolute atomic E-state index is 0.111. The van der Waals surface area contributed by atoms with Crippen LogP contribution in [-0.4, -0.2) is 64.6 Å². The summed E-state index contributed by atoms with van der Waals surface area (Å²) in [4.78, 5) is 47.0. The summed E-state index contributed by atoms with van der Waals surface area (Å²) < 4.78 is 11.0. The monoisotopic (exact) mass is 531 g/mol. The second-order valence-electron chi connectivity index (χ2n) is 9.93. The van der Waals surface area contributed by atoms with Crippen LogP contribution in [0.2, 0.25) is 5.02 Å². The van der Waals surface area contributed by atoms with E-state index >= 15 is 0 Å². The molecule has 1 fully saturated rings. The Labute approximate surface area is 222 Å². The average Bonchev–Trinajstić information content (AvgIpc) is 2.85. The number of nitrogens with one attached hydrogen (secondary N) is 2. The molecule has 11 heteroatoms. The number of carbonyl (C=O) groups is 3. The van der Waals surface area contributed by atoms with Crippen LogP contribution in [0.15, 0.2) is 30.6 Å². The van der Waals surface area contributed by atoms with Crippen LogP contribution in [0.1, 0.15) is 57.7 Å². The molecule has 1 unspecified atom stereocenters. The van der Waals surface area contributed by atoms with E-state index in [2.05, 4.69) is 20.6 Å². The van der Waals surface area contributed by atoms with Crippen molar-refractivity contribution in [2.24, 2.45) is 0 Å². The van der Waals surface area contributed by atoms with Gasteiger partial charge in [-0.05, 0) is 52.2 Å². The van der Waals surface area contributed by atoms with Gasteiger partial charge in [0.05, 0.1) is 12.6 Å². The Balaban J connectivity index is 1.52. The van der Waals surface area contributed by atoms with Gasteiger partial charge in [-0.25, -0.2) is 9.78 Å². The molecule has 2 aromatic heterocycles. The minimum Gasteiger partial charge on any atom is -0.479 e. The van der Waals surface area contributed by atoms with E-state index in [1.807, 2.05) is 32.9 Å². The summed E-state index contributed by atoms with van der Waals surface area (Å²) >= 11 is 6.12. The molecule has 1 aliphatic rings. The topological polar surface area (TPSA) is 123 Å². The van der Waals surface area contributed by atoms with Crippen molar-refractivity contribution >= 4 is 35.3 Å². The lowest BCUT2D eigenvalue weighted by molar-refractivity contribution is -0.126. The lowest BCUT2D eigenvalue weighted by atomic mass is 9.93. The zero-order valence-electron chi connectivity index (χ0n) is 21.8. The van der Waals surface area contributed by atoms with E-state index in [4.69, 9.17) is 21.1 Å². The number of rotatable bonds is 7. The number of nitrogens with zero attached hydrogens (tertiary/aromatic N) is 3. The zero-order valence-corrected chi connectivity index (χ0v) is 22.6. The number of halogens is 1. The SMILES string of the molecule is CNC(=O)C(C)Oc1cc(NC(=O)Cc2ccc(C3CCN(C(=O)OC(C)(C)C)CC3)nc2)ncc1Cl. The van der Waals surface area contributed by atoms with Crippen LogP contribution in [0.4, 0.5) is 10.6 Å². The molecule has 0 bridgehead atoms. The number of carbonyl (C=O) groups excluding carboxylic acids is 3. The van der Waals surface area contributed by atoms with Gasteiger partial charge in [0.15, 0.2) is 6.10 Å². The molecule has 10 nitrogen and oxygen atoms in total. The van der Waals surface area contributed by atoms with E-state index in [0.717, 1.165) is 24.1 Å². The second-order valence-corrected chi connectivity index (χ2v) is 10.3. The van der Waals surface area contributed by atoms with Crippen LogP contribution in [-0.2, 0) is 20.7 Å². The average molecular weight is 532 g/mol. The fourth-order valence-electron chi connectivity index (χ4n) is 3.86. The molecule has 0 saturated carbocycles. The maximum Gasteiger partial charge on any atom is 0.410 e. The Morgan fingerprint density at radius 2 is 1.86 bits per heavy atom. The molecule has 0 spiro atoms. The molecule has 3 amide bonds. The molecular formula is C26H34ClN5O5. The number of hydrogen-bond donors (Lipinski definition) is 2. The maximum absolute atomic E-state index is 12.6. The molecule has 0 aliphatic carbocycles. The Hall–Kier alpha value is -3.40. The van der Waals surface area contributed by atoms with Gasteiger partial charge >= 0.3 is 6.09 Å². The van der Waals surface area contributed by atoms with Crippen molar-refractivity contribution in [3.63, 3.8) is 0 Å². The number of piperidine rings is 1. The quantitative estimate of drug-likeness (QED) is 0.554. The first-order valence-corrected chi connectivity index (χ1v) is 12.6. The van der Waals surface area contributed by atoms with Crippen molar-refractivity contribution in [2.75, 3.05) is 25.5 Å². The zero-order chi connectivity index (χ0) is 27.2. The first-order valence-electron chi connectivity index (χ1n) is 12.2. The van der Waals surface area contributed by atoms with E-state index in [9.17, 15) is 14.4 Å². The van der Waals surface area contributed by atoms with Crippen LogP contribution < -0.4 is 15.4 Å². The third kappa shape index (κ3) is 8.31. The van der Waals surface area contributed by atoms with Gasteiger partial charge in [0, 0.05) is 44.0 Å². The normalized spacial score (nSPS) is 15.0. The van der Waals surface area contributed by atoms with Crippen molar-refractivity contribution < 1.29 is 23.9 Å². The van der Waals surface area contributed by atoms with E-state index in [1.54, 1.807) is 18.0 Å². The van der Waals surface area contributed by atoms with Gasteiger partial charge in [0.25, 0.3) is 5.91 Å². The highest BCUT2D eigenvalue weighted by Crippen LogP contribution is 2.28. The maximum atomic E-state index is 12.6. The molecule has 1 atom stereocenters. The van der Waals surface area contributed by atoms with Crippen LogP contribution in [0.3, 0.4) is 0 Å².